The summed E-state index contributed by atoms with van der Waals surface area (Å²) in [7, 11) is 1.85. The summed E-state index contributed by atoms with van der Waals surface area (Å²) >= 11 is 6.02. The van der Waals surface area contributed by atoms with Gasteiger partial charge in [0, 0.05) is 0 Å². The van der Waals surface area contributed by atoms with E-state index in [0.29, 0.717) is 23.2 Å². The first-order valence-corrected chi connectivity index (χ1v) is 5.04. The number of aryl methyl sites for hydroxylation is 1. The lowest BCUT2D eigenvalue weighted by atomic mass is 10.3. The van der Waals surface area contributed by atoms with Gasteiger partial charge in [-0.15, -0.1) is 0 Å². The summed E-state index contributed by atoms with van der Waals surface area (Å²) in [5.41, 5.74) is 0.662. The standard InChI is InChI=1S/C10H12ClN3O/c1-6-3-4-7(15-6)9-10(11)14-8(13-9)5-12-2/h3-4,12H,5H2,1-2H3,(H,13,14). The topological polar surface area (TPSA) is 53.9 Å². The predicted molar refractivity (Wildman–Crippen MR) is 58.8 cm³/mol. The van der Waals surface area contributed by atoms with E-state index in [-0.39, 0.29) is 0 Å². The van der Waals surface area contributed by atoms with Crippen molar-refractivity contribution in [1.82, 2.24) is 15.3 Å². The third-order valence-electron chi connectivity index (χ3n) is 2.03. The Morgan fingerprint density at radius 3 is 2.93 bits per heavy atom. The molecule has 4 nitrogen and oxygen atoms in total. The molecule has 2 N–H and O–H groups in total. The number of imidazole rings is 1. The van der Waals surface area contributed by atoms with E-state index in [0.717, 1.165) is 11.6 Å². The number of aromatic nitrogens is 2. The van der Waals surface area contributed by atoms with Gasteiger partial charge >= 0.3 is 0 Å². The largest absolute Gasteiger partial charge is 0.460 e. The number of nitrogens with zero attached hydrogens (tertiary/aromatic N) is 1. The maximum absolute atomic E-state index is 6.02. The molecular formula is C10H12ClN3O. The third kappa shape index (κ3) is 2.06. The van der Waals surface area contributed by atoms with E-state index >= 15 is 0 Å². The number of hydrogen-bond donors (Lipinski definition) is 2. The molecule has 5 heteroatoms. The Hall–Kier alpha value is -1.26. The van der Waals surface area contributed by atoms with E-state index in [1.54, 1.807) is 0 Å². The van der Waals surface area contributed by atoms with Gasteiger partial charge in [0.25, 0.3) is 0 Å². The van der Waals surface area contributed by atoms with Crippen LogP contribution in [-0.2, 0) is 6.54 Å². The Labute approximate surface area is 92.7 Å². The lowest BCUT2D eigenvalue weighted by molar-refractivity contribution is 0.546. The first-order valence-electron chi connectivity index (χ1n) is 4.66. The molecule has 0 aliphatic heterocycles. The summed E-state index contributed by atoms with van der Waals surface area (Å²) in [4.78, 5) is 7.32. The zero-order chi connectivity index (χ0) is 10.8. The third-order valence-corrected chi connectivity index (χ3v) is 2.30. The van der Waals surface area contributed by atoms with Gasteiger partial charge in [-0.25, -0.2) is 4.98 Å². The average Bonchev–Trinajstić information content (AvgIpc) is 2.73. The van der Waals surface area contributed by atoms with Crippen molar-refractivity contribution in [2.24, 2.45) is 0 Å². The molecule has 2 heterocycles. The van der Waals surface area contributed by atoms with Crippen LogP contribution in [0.3, 0.4) is 0 Å². The SMILES string of the molecule is CNCc1nc(-c2ccc(C)o2)c(Cl)[nH]1. The number of furan rings is 1. The van der Waals surface area contributed by atoms with Crippen LogP contribution < -0.4 is 5.32 Å². The fraction of sp³-hybridized carbons (Fsp3) is 0.300. The van der Waals surface area contributed by atoms with Crippen LogP contribution in [0.2, 0.25) is 5.15 Å². The van der Waals surface area contributed by atoms with E-state index in [1.807, 2.05) is 26.1 Å². The smallest absolute Gasteiger partial charge is 0.155 e. The van der Waals surface area contributed by atoms with Crippen molar-refractivity contribution in [2.75, 3.05) is 7.05 Å². The van der Waals surface area contributed by atoms with Crippen molar-refractivity contribution in [3.8, 4) is 11.5 Å². The first kappa shape index (κ1) is 10.3. The van der Waals surface area contributed by atoms with Gasteiger partial charge < -0.3 is 14.7 Å². The highest BCUT2D eigenvalue weighted by Gasteiger charge is 2.12. The molecule has 0 unspecified atom stereocenters. The summed E-state index contributed by atoms with van der Waals surface area (Å²) in [6.07, 6.45) is 0. The van der Waals surface area contributed by atoms with Crippen LogP contribution in [0.25, 0.3) is 11.5 Å². The van der Waals surface area contributed by atoms with E-state index in [1.165, 1.54) is 0 Å². The predicted octanol–water partition coefficient (Wildman–Crippen LogP) is 2.35. The second-order valence-electron chi connectivity index (χ2n) is 3.29. The van der Waals surface area contributed by atoms with Gasteiger partial charge in [-0.05, 0) is 26.1 Å². The van der Waals surface area contributed by atoms with E-state index in [9.17, 15) is 0 Å². The highest BCUT2D eigenvalue weighted by Crippen LogP contribution is 2.26. The van der Waals surface area contributed by atoms with Crippen molar-refractivity contribution in [2.45, 2.75) is 13.5 Å². The maximum atomic E-state index is 6.02. The van der Waals surface area contributed by atoms with Gasteiger partial charge in [-0.1, -0.05) is 11.6 Å². The molecule has 0 amide bonds. The summed E-state index contributed by atoms with van der Waals surface area (Å²) < 4.78 is 5.45. The molecule has 0 saturated heterocycles. The fourth-order valence-electron chi connectivity index (χ4n) is 1.37. The second kappa shape index (κ2) is 4.08. The Morgan fingerprint density at radius 2 is 2.33 bits per heavy atom. The van der Waals surface area contributed by atoms with E-state index in [4.69, 9.17) is 16.0 Å². The Kier molecular flexibility index (Phi) is 2.79. The average molecular weight is 226 g/mol. The molecule has 0 aliphatic rings. The van der Waals surface area contributed by atoms with Gasteiger partial charge in [0.05, 0.1) is 6.54 Å². The molecule has 0 radical (unpaired) electrons. The Bertz CT molecular complexity index is 461. The van der Waals surface area contributed by atoms with Gasteiger partial charge in [0.1, 0.15) is 22.4 Å². The molecule has 0 atom stereocenters. The van der Waals surface area contributed by atoms with Crippen LogP contribution in [0.5, 0.6) is 0 Å². The molecule has 0 bridgehead atoms. The van der Waals surface area contributed by atoms with Gasteiger partial charge in [-0.2, -0.15) is 0 Å². The van der Waals surface area contributed by atoms with Crippen LogP contribution >= 0.6 is 11.6 Å². The van der Waals surface area contributed by atoms with Crippen molar-refractivity contribution in [1.29, 1.82) is 0 Å². The minimum Gasteiger partial charge on any atom is -0.460 e. The maximum Gasteiger partial charge on any atom is 0.155 e. The summed E-state index contributed by atoms with van der Waals surface area (Å²) in [6.45, 7) is 2.54. The second-order valence-corrected chi connectivity index (χ2v) is 3.66. The minimum absolute atomic E-state index is 0.509. The molecular weight excluding hydrogens is 214 g/mol. The summed E-state index contributed by atoms with van der Waals surface area (Å²) in [6, 6.07) is 3.75. The molecule has 0 aliphatic carbocycles. The molecule has 2 rings (SSSR count). The van der Waals surface area contributed by atoms with Crippen LogP contribution in [0.15, 0.2) is 16.5 Å². The van der Waals surface area contributed by atoms with Crippen molar-refractivity contribution >= 4 is 11.6 Å². The molecule has 2 aromatic heterocycles. The first-order chi connectivity index (χ1) is 7.20. The van der Waals surface area contributed by atoms with Gasteiger partial charge in [0.15, 0.2) is 5.76 Å². The Balaban J connectivity index is 2.35. The quantitative estimate of drug-likeness (QED) is 0.843. The van der Waals surface area contributed by atoms with Crippen molar-refractivity contribution < 1.29 is 4.42 Å². The number of rotatable bonds is 3. The van der Waals surface area contributed by atoms with Crippen LogP contribution in [0.1, 0.15) is 11.6 Å². The minimum atomic E-state index is 0.509. The monoisotopic (exact) mass is 225 g/mol. The number of aromatic amines is 1. The highest BCUT2D eigenvalue weighted by molar-refractivity contribution is 6.31. The zero-order valence-electron chi connectivity index (χ0n) is 8.60. The molecule has 15 heavy (non-hydrogen) atoms. The van der Waals surface area contributed by atoms with Crippen molar-refractivity contribution in [3.63, 3.8) is 0 Å². The number of nitrogens with one attached hydrogen (secondary N) is 2. The lowest BCUT2D eigenvalue weighted by Crippen LogP contribution is -2.06. The van der Waals surface area contributed by atoms with E-state index in [2.05, 4.69) is 15.3 Å². The fourth-order valence-corrected chi connectivity index (χ4v) is 1.62. The number of H-pyrrole nitrogens is 1. The molecule has 0 spiro atoms. The summed E-state index contributed by atoms with van der Waals surface area (Å²) in [5.74, 6) is 2.34. The van der Waals surface area contributed by atoms with E-state index < -0.39 is 0 Å². The molecule has 80 valence electrons. The molecule has 0 saturated carbocycles. The zero-order valence-corrected chi connectivity index (χ0v) is 9.35. The summed E-state index contributed by atoms with van der Waals surface area (Å²) in [5, 5.41) is 3.51. The lowest BCUT2D eigenvalue weighted by Gasteiger charge is -1.91. The normalized spacial score (nSPS) is 10.9. The molecule has 0 fully saturated rings. The van der Waals surface area contributed by atoms with Gasteiger partial charge in [-0.3, -0.25) is 0 Å². The number of hydrogen-bond acceptors (Lipinski definition) is 3. The van der Waals surface area contributed by atoms with Crippen molar-refractivity contribution in [3.05, 3.63) is 28.9 Å². The highest BCUT2D eigenvalue weighted by atomic mass is 35.5. The molecule has 2 aromatic rings. The van der Waals surface area contributed by atoms with Gasteiger partial charge in [0.2, 0.25) is 0 Å². The number of halogens is 1. The molecule has 0 aromatic carbocycles. The van der Waals surface area contributed by atoms with Crippen LogP contribution in [-0.4, -0.2) is 17.0 Å². The Morgan fingerprint density at radius 1 is 1.53 bits per heavy atom. The van der Waals surface area contributed by atoms with Crippen LogP contribution in [0, 0.1) is 6.92 Å². The van der Waals surface area contributed by atoms with Crippen LogP contribution in [0.4, 0.5) is 0 Å².